The van der Waals surface area contributed by atoms with Crippen LogP contribution in [0.4, 0.5) is 5.69 Å². The summed E-state index contributed by atoms with van der Waals surface area (Å²) in [7, 11) is 4.04. The highest BCUT2D eigenvalue weighted by Gasteiger charge is 2.19. The Morgan fingerprint density at radius 1 is 0.976 bits per heavy atom. The number of anilines is 1. The summed E-state index contributed by atoms with van der Waals surface area (Å²) < 4.78 is 0. The number of nitrogens with one attached hydrogen (secondary N) is 1. The van der Waals surface area contributed by atoms with Crippen molar-refractivity contribution in [3.63, 3.8) is 0 Å². The van der Waals surface area contributed by atoms with Gasteiger partial charge in [0.15, 0.2) is 0 Å². The molecule has 0 spiro atoms. The number of aromatic nitrogens is 2. The minimum absolute atomic E-state index is 0.728. The van der Waals surface area contributed by atoms with Crippen LogP contribution in [0.1, 0.15) is 55.0 Å². The van der Waals surface area contributed by atoms with Crippen LogP contribution in [0.15, 0.2) is 72.3 Å². The maximum absolute atomic E-state index is 4.76. The highest BCUT2D eigenvalue weighted by Crippen LogP contribution is 2.27. The summed E-state index contributed by atoms with van der Waals surface area (Å²) in [5, 5.41) is 3.46. The van der Waals surface area contributed by atoms with Crippen LogP contribution in [0.2, 0.25) is 0 Å². The summed E-state index contributed by atoms with van der Waals surface area (Å²) in [6.45, 7) is 14.5. The molecule has 216 valence electrons. The van der Waals surface area contributed by atoms with Crippen molar-refractivity contribution in [1.82, 2.24) is 19.8 Å². The van der Waals surface area contributed by atoms with Crippen molar-refractivity contribution in [3.8, 4) is 11.1 Å². The minimum atomic E-state index is 0.728. The second kappa shape index (κ2) is 13.5. The van der Waals surface area contributed by atoms with E-state index in [1.165, 1.54) is 57.4 Å². The number of benzene rings is 1. The minimum Gasteiger partial charge on any atom is -0.353 e. The number of rotatable bonds is 9. The monoisotopic (exact) mass is 550 g/mol. The Morgan fingerprint density at radius 2 is 1.76 bits per heavy atom. The zero-order valence-electron chi connectivity index (χ0n) is 25.4. The molecule has 2 aliphatic rings. The fourth-order valence-electron chi connectivity index (χ4n) is 6.10. The number of likely N-dealkylation sites (tertiary alicyclic amines) is 2. The van der Waals surface area contributed by atoms with E-state index in [1.54, 1.807) is 0 Å². The predicted octanol–water partition coefficient (Wildman–Crippen LogP) is 6.61. The third-order valence-corrected chi connectivity index (χ3v) is 8.87. The van der Waals surface area contributed by atoms with E-state index in [0.717, 1.165) is 69.8 Å². The van der Waals surface area contributed by atoms with Crippen LogP contribution in [-0.4, -0.2) is 65.8 Å². The van der Waals surface area contributed by atoms with Crippen molar-refractivity contribution in [3.05, 3.63) is 89.6 Å². The molecular weight excluding hydrogens is 504 g/mol. The van der Waals surface area contributed by atoms with E-state index < -0.39 is 0 Å². The molecule has 0 unspecified atom stereocenters. The Hall–Kier alpha value is -3.35. The quantitative estimate of drug-likeness (QED) is 0.304. The third kappa shape index (κ3) is 7.69. The molecule has 5 rings (SSSR count). The number of aliphatic imine (C=N–C) groups is 1. The van der Waals surface area contributed by atoms with Crippen LogP contribution in [0.25, 0.3) is 11.1 Å². The topological polar surface area (TPSA) is 56.6 Å². The maximum Gasteiger partial charge on any atom is 0.0874 e. The standard InChI is InChI=1S/C35H46N6/c1-25-10-16-41(17-11-25)24-29-18-31(22-37-21-29)30-7-6-26(2)34(20-30)35(36-4)27(3)39-33-9-8-32(38-23-33)19-28-12-14-40(5)15-13-28/h6-9,18,20-23,25,28,39H,3,10-17,19,24H2,1-2,4-5H3. The smallest absolute Gasteiger partial charge is 0.0874 e. The van der Waals surface area contributed by atoms with Crippen molar-refractivity contribution in [2.75, 3.05) is 45.6 Å². The largest absolute Gasteiger partial charge is 0.353 e. The zero-order chi connectivity index (χ0) is 28.8. The first-order valence-corrected chi connectivity index (χ1v) is 15.2. The fourth-order valence-corrected chi connectivity index (χ4v) is 6.10. The molecule has 3 aromatic rings. The summed E-state index contributed by atoms with van der Waals surface area (Å²) in [6, 6.07) is 13.1. The molecule has 1 N–H and O–H groups in total. The maximum atomic E-state index is 4.76. The SMILES string of the molecule is C=C(Nc1ccc(CC2CCN(C)CC2)nc1)C(=NC)c1cc(-c2cncc(CN3CCC(C)CC3)c2)ccc1C. The first-order valence-electron chi connectivity index (χ1n) is 15.2. The number of nitrogens with zero attached hydrogens (tertiary/aromatic N) is 5. The van der Waals surface area contributed by atoms with Crippen molar-refractivity contribution in [1.29, 1.82) is 0 Å². The first kappa shape index (κ1) is 29.2. The van der Waals surface area contributed by atoms with E-state index in [9.17, 15) is 0 Å². The zero-order valence-corrected chi connectivity index (χ0v) is 25.4. The second-order valence-corrected chi connectivity index (χ2v) is 12.2. The van der Waals surface area contributed by atoms with Gasteiger partial charge in [-0.2, -0.15) is 0 Å². The fraction of sp³-hybridized carbons (Fsp3) is 0.457. The van der Waals surface area contributed by atoms with Crippen molar-refractivity contribution >= 4 is 11.4 Å². The van der Waals surface area contributed by atoms with Crippen LogP contribution in [-0.2, 0) is 13.0 Å². The number of piperidine rings is 2. The summed E-state index contributed by atoms with van der Waals surface area (Å²) in [5.41, 5.74) is 9.49. The van der Waals surface area contributed by atoms with Gasteiger partial charge in [-0.3, -0.25) is 19.9 Å². The molecule has 6 heteroatoms. The molecule has 2 aliphatic heterocycles. The van der Waals surface area contributed by atoms with Gasteiger partial charge in [0.05, 0.1) is 23.3 Å². The Kier molecular flexibility index (Phi) is 9.63. The van der Waals surface area contributed by atoms with Gasteiger partial charge in [-0.05, 0) is 125 Å². The molecule has 2 aromatic heterocycles. The Balaban J connectivity index is 1.26. The lowest BCUT2D eigenvalue weighted by molar-refractivity contribution is 0.185. The van der Waals surface area contributed by atoms with Gasteiger partial charge in [0, 0.05) is 42.8 Å². The van der Waals surface area contributed by atoms with Crippen LogP contribution in [0.3, 0.4) is 0 Å². The highest BCUT2D eigenvalue weighted by molar-refractivity contribution is 6.15. The first-order chi connectivity index (χ1) is 19.9. The molecular formula is C35H46N6. The Morgan fingerprint density at radius 3 is 2.46 bits per heavy atom. The van der Waals surface area contributed by atoms with Gasteiger partial charge < -0.3 is 10.2 Å². The van der Waals surface area contributed by atoms with Gasteiger partial charge in [-0.1, -0.05) is 25.6 Å². The molecule has 0 bridgehead atoms. The number of hydrogen-bond acceptors (Lipinski definition) is 6. The second-order valence-electron chi connectivity index (χ2n) is 12.2. The van der Waals surface area contributed by atoms with Crippen LogP contribution >= 0.6 is 0 Å². The van der Waals surface area contributed by atoms with Crippen LogP contribution in [0, 0.1) is 18.8 Å². The van der Waals surface area contributed by atoms with Gasteiger partial charge in [0.25, 0.3) is 0 Å². The lowest BCUT2D eigenvalue weighted by Gasteiger charge is -2.30. The van der Waals surface area contributed by atoms with Crippen molar-refractivity contribution < 1.29 is 0 Å². The number of allylic oxidation sites excluding steroid dienone is 1. The molecule has 0 atom stereocenters. The summed E-state index contributed by atoms with van der Waals surface area (Å²) in [4.78, 5) is 19.0. The van der Waals surface area contributed by atoms with E-state index in [-0.39, 0.29) is 0 Å². The lowest BCUT2D eigenvalue weighted by Crippen LogP contribution is -2.32. The van der Waals surface area contributed by atoms with Gasteiger partial charge in [-0.25, -0.2) is 0 Å². The van der Waals surface area contributed by atoms with E-state index >= 15 is 0 Å². The normalized spacial score (nSPS) is 18.0. The van der Waals surface area contributed by atoms with Crippen LogP contribution < -0.4 is 5.32 Å². The van der Waals surface area contributed by atoms with E-state index in [4.69, 9.17) is 4.98 Å². The number of pyridine rings is 2. The summed E-state index contributed by atoms with van der Waals surface area (Å²) in [5.74, 6) is 1.57. The molecule has 2 fully saturated rings. The van der Waals surface area contributed by atoms with E-state index in [2.05, 4.69) is 89.0 Å². The lowest BCUT2D eigenvalue weighted by atomic mass is 9.92. The molecule has 0 saturated carbocycles. The summed E-state index contributed by atoms with van der Waals surface area (Å²) >= 11 is 0. The van der Waals surface area contributed by atoms with Gasteiger partial charge in [0.2, 0.25) is 0 Å². The van der Waals surface area contributed by atoms with Crippen molar-refractivity contribution in [2.45, 2.75) is 52.5 Å². The average molecular weight is 551 g/mol. The third-order valence-electron chi connectivity index (χ3n) is 8.87. The summed E-state index contributed by atoms with van der Waals surface area (Å²) in [6.07, 6.45) is 12.0. The van der Waals surface area contributed by atoms with E-state index in [0.29, 0.717) is 0 Å². The van der Waals surface area contributed by atoms with Gasteiger partial charge in [0.1, 0.15) is 0 Å². The molecule has 6 nitrogen and oxygen atoms in total. The van der Waals surface area contributed by atoms with E-state index in [1.807, 2.05) is 25.6 Å². The van der Waals surface area contributed by atoms with Crippen LogP contribution in [0.5, 0.6) is 0 Å². The molecule has 0 amide bonds. The number of hydrogen-bond donors (Lipinski definition) is 1. The van der Waals surface area contributed by atoms with Crippen molar-refractivity contribution in [2.24, 2.45) is 16.8 Å². The van der Waals surface area contributed by atoms with Gasteiger partial charge >= 0.3 is 0 Å². The van der Waals surface area contributed by atoms with Gasteiger partial charge in [-0.15, -0.1) is 0 Å². The molecule has 4 heterocycles. The average Bonchev–Trinajstić information content (AvgIpc) is 2.98. The molecule has 0 radical (unpaired) electrons. The molecule has 0 aliphatic carbocycles. The molecule has 2 saturated heterocycles. The predicted molar refractivity (Wildman–Crippen MR) is 171 cm³/mol. The molecule has 41 heavy (non-hydrogen) atoms. The Bertz CT molecular complexity index is 1350. The number of aryl methyl sites for hydroxylation is 1. The Labute approximate surface area is 246 Å². The highest BCUT2D eigenvalue weighted by atomic mass is 15.1. The molecule has 1 aromatic carbocycles.